The van der Waals surface area contributed by atoms with Crippen LogP contribution in [-0.2, 0) is 24.3 Å². The second-order valence-corrected chi connectivity index (χ2v) is 14.0. The number of ether oxygens (including phenoxy) is 1. The number of sulfonamides is 1. The summed E-state index contributed by atoms with van der Waals surface area (Å²) in [5, 5.41) is 13.2. The highest BCUT2D eigenvalue weighted by Crippen LogP contribution is 2.31. The van der Waals surface area contributed by atoms with E-state index in [4.69, 9.17) is 4.74 Å². The Bertz CT molecular complexity index is 929. The molecule has 0 spiro atoms. The van der Waals surface area contributed by atoms with Gasteiger partial charge in [-0.3, -0.25) is 24.4 Å². The van der Waals surface area contributed by atoms with Gasteiger partial charge in [0.1, 0.15) is 5.25 Å². The van der Waals surface area contributed by atoms with Gasteiger partial charge in [-0.05, 0) is 63.7 Å². The summed E-state index contributed by atoms with van der Waals surface area (Å²) in [7, 11) is -3.99. The summed E-state index contributed by atoms with van der Waals surface area (Å²) >= 11 is 0. The van der Waals surface area contributed by atoms with Crippen molar-refractivity contribution in [2.45, 2.75) is 133 Å². The number of nitrogens with zero attached hydrogens (tertiary/aromatic N) is 1. The standard InChI is InChI=1S/C27H45N3O7S/c31-26(21-9-6-10-23(17-21)37-18-19-7-2-1-3-8-19)28-24-11-4-5-12-25(24)38(35,36)29-27(32)20-13-15-22(16-14-20)30(33)34/h19-25H,1-18H2,(H,28,31)(H,29,32). The molecule has 0 aliphatic heterocycles. The van der Waals surface area contributed by atoms with Crippen LogP contribution in [0.3, 0.4) is 0 Å². The van der Waals surface area contributed by atoms with Crippen molar-refractivity contribution in [1.82, 2.24) is 10.0 Å². The van der Waals surface area contributed by atoms with Crippen molar-refractivity contribution in [3.8, 4) is 0 Å². The maximum Gasteiger partial charge on any atom is 0.239 e. The first-order chi connectivity index (χ1) is 18.2. The number of carbonyl (C=O) groups excluding carboxylic acids is 2. The number of rotatable bonds is 9. The van der Waals surface area contributed by atoms with Gasteiger partial charge in [0.2, 0.25) is 27.9 Å². The van der Waals surface area contributed by atoms with Gasteiger partial charge in [0.05, 0.1) is 6.10 Å². The highest BCUT2D eigenvalue weighted by Gasteiger charge is 2.41. The molecule has 0 bridgehead atoms. The molecule has 2 N–H and O–H groups in total. The fraction of sp³-hybridized carbons (Fsp3) is 0.926. The van der Waals surface area contributed by atoms with Crippen molar-refractivity contribution in [3.63, 3.8) is 0 Å². The number of carbonyl (C=O) groups is 2. The number of hydrogen-bond donors (Lipinski definition) is 2. The molecule has 4 fully saturated rings. The third-order valence-corrected chi connectivity index (χ3v) is 11.2. The Balaban J connectivity index is 1.28. The molecule has 4 unspecified atom stereocenters. The molecule has 4 saturated carbocycles. The largest absolute Gasteiger partial charge is 0.378 e. The van der Waals surface area contributed by atoms with Crippen LogP contribution in [0.15, 0.2) is 0 Å². The minimum Gasteiger partial charge on any atom is -0.378 e. The zero-order valence-electron chi connectivity index (χ0n) is 22.5. The van der Waals surface area contributed by atoms with Crippen LogP contribution in [0.1, 0.15) is 109 Å². The van der Waals surface area contributed by atoms with Gasteiger partial charge in [0.15, 0.2) is 0 Å². The highest BCUT2D eigenvalue weighted by atomic mass is 32.2. The van der Waals surface area contributed by atoms with E-state index in [0.29, 0.717) is 38.0 Å². The summed E-state index contributed by atoms with van der Waals surface area (Å²) in [4.78, 5) is 36.7. The summed E-state index contributed by atoms with van der Waals surface area (Å²) < 4.78 is 35.0. The van der Waals surface area contributed by atoms with E-state index >= 15 is 0 Å². The smallest absolute Gasteiger partial charge is 0.239 e. The van der Waals surface area contributed by atoms with E-state index in [2.05, 4.69) is 10.0 Å². The van der Waals surface area contributed by atoms with Crippen molar-refractivity contribution in [1.29, 1.82) is 0 Å². The van der Waals surface area contributed by atoms with Crippen LogP contribution >= 0.6 is 0 Å². The topological polar surface area (TPSA) is 145 Å². The Labute approximate surface area is 226 Å². The van der Waals surface area contributed by atoms with Crippen molar-refractivity contribution >= 4 is 21.8 Å². The third-order valence-electron chi connectivity index (χ3n) is 9.33. The van der Waals surface area contributed by atoms with Crippen molar-refractivity contribution < 1.29 is 27.7 Å². The molecular weight excluding hydrogens is 510 g/mol. The second-order valence-electron chi connectivity index (χ2n) is 12.1. The Morgan fingerprint density at radius 1 is 0.789 bits per heavy atom. The van der Waals surface area contributed by atoms with E-state index in [1.807, 2.05) is 0 Å². The molecule has 0 aromatic carbocycles. The summed E-state index contributed by atoms with van der Waals surface area (Å²) in [5.74, 6) is -0.771. The van der Waals surface area contributed by atoms with Gasteiger partial charge in [-0.15, -0.1) is 0 Å². The van der Waals surface area contributed by atoms with Crippen LogP contribution in [0.2, 0.25) is 0 Å². The van der Waals surface area contributed by atoms with Gasteiger partial charge in [-0.25, -0.2) is 8.42 Å². The van der Waals surface area contributed by atoms with Crippen molar-refractivity contribution in [2.75, 3.05) is 6.61 Å². The minimum absolute atomic E-state index is 0.0806. The average molecular weight is 556 g/mol. The maximum atomic E-state index is 13.3. The zero-order chi connectivity index (χ0) is 27.1. The predicted molar refractivity (Wildman–Crippen MR) is 142 cm³/mol. The Morgan fingerprint density at radius 2 is 1.47 bits per heavy atom. The lowest BCUT2D eigenvalue weighted by atomic mass is 9.85. The molecule has 216 valence electrons. The van der Waals surface area contributed by atoms with Gasteiger partial charge in [-0.2, -0.15) is 0 Å². The zero-order valence-corrected chi connectivity index (χ0v) is 23.3. The number of hydrogen-bond acceptors (Lipinski definition) is 7. The van der Waals surface area contributed by atoms with Gasteiger partial charge >= 0.3 is 0 Å². The molecule has 0 aromatic rings. The number of nitro groups is 1. The highest BCUT2D eigenvalue weighted by molar-refractivity contribution is 7.90. The molecule has 10 nitrogen and oxygen atoms in total. The van der Waals surface area contributed by atoms with Crippen LogP contribution in [-0.4, -0.2) is 55.2 Å². The average Bonchev–Trinajstić information content (AvgIpc) is 2.92. The lowest BCUT2D eigenvalue weighted by Gasteiger charge is -2.35. The maximum absolute atomic E-state index is 13.3. The summed E-state index contributed by atoms with van der Waals surface area (Å²) in [6.07, 6.45) is 13.4. The first-order valence-electron chi connectivity index (χ1n) is 14.8. The molecule has 4 aliphatic carbocycles. The molecule has 4 aliphatic rings. The fourth-order valence-electron chi connectivity index (χ4n) is 6.94. The molecule has 11 heteroatoms. The van der Waals surface area contributed by atoms with E-state index in [-0.39, 0.29) is 35.7 Å². The normalized spacial score (nSPS) is 33.3. The number of amides is 2. The van der Waals surface area contributed by atoms with Crippen LogP contribution < -0.4 is 10.0 Å². The summed E-state index contributed by atoms with van der Waals surface area (Å²) in [6, 6.07) is -1.19. The lowest BCUT2D eigenvalue weighted by Crippen LogP contribution is -2.54. The molecule has 38 heavy (non-hydrogen) atoms. The van der Waals surface area contributed by atoms with E-state index < -0.39 is 39.2 Å². The van der Waals surface area contributed by atoms with Gasteiger partial charge in [0.25, 0.3) is 0 Å². The minimum atomic E-state index is -3.99. The van der Waals surface area contributed by atoms with E-state index in [9.17, 15) is 28.1 Å². The van der Waals surface area contributed by atoms with E-state index in [1.165, 1.54) is 32.1 Å². The molecule has 0 heterocycles. The van der Waals surface area contributed by atoms with Crippen molar-refractivity contribution in [3.05, 3.63) is 10.1 Å². The molecule has 2 amide bonds. The molecule has 4 rings (SSSR count). The molecule has 0 aromatic heterocycles. The van der Waals surface area contributed by atoms with Gasteiger partial charge < -0.3 is 10.1 Å². The molecule has 4 atom stereocenters. The lowest BCUT2D eigenvalue weighted by molar-refractivity contribution is -0.526. The van der Waals surface area contributed by atoms with Crippen LogP contribution in [0.4, 0.5) is 0 Å². The van der Waals surface area contributed by atoms with Crippen molar-refractivity contribution in [2.24, 2.45) is 17.8 Å². The van der Waals surface area contributed by atoms with Crippen LogP contribution in [0.25, 0.3) is 0 Å². The Morgan fingerprint density at radius 3 is 2.18 bits per heavy atom. The van der Waals surface area contributed by atoms with Crippen LogP contribution in [0.5, 0.6) is 0 Å². The molecule has 0 saturated heterocycles. The Kier molecular flexibility index (Phi) is 10.4. The molecular formula is C27H45N3O7S. The fourth-order valence-corrected chi connectivity index (χ4v) is 8.65. The quantitative estimate of drug-likeness (QED) is 0.325. The monoisotopic (exact) mass is 555 g/mol. The van der Waals surface area contributed by atoms with Gasteiger partial charge in [0, 0.05) is 42.2 Å². The van der Waals surface area contributed by atoms with Gasteiger partial charge in [-0.1, -0.05) is 38.5 Å². The number of nitrogens with one attached hydrogen (secondary N) is 2. The summed E-state index contributed by atoms with van der Waals surface area (Å²) in [5.41, 5.74) is 0. The SMILES string of the molecule is O=C(NC1CCCCC1S(=O)(=O)NC(=O)C1CCC([N+](=O)[O-])CC1)C1CCCC(OCC2CCCCC2)C1. The second kappa shape index (κ2) is 13.5. The predicted octanol–water partition coefficient (Wildman–Crippen LogP) is 3.85. The first kappa shape index (κ1) is 29.2. The third kappa shape index (κ3) is 7.90. The molecule has 0 radical (unpaired) electrons. The van der Waals surface area contributed by atoms with E-state index in [1.54, 1.807) is 0 Å². The van der Waals surface area contributed by atoms with E-state index in [0.717, 1.165) is 38.7 Å². The summed E-state index contributed by atoms with van der Waals surface area (Å²) in [6.45, 7) is 0.773. The Hall–Kier alpha value is -1.75. The van der Waals surface area contributed by atoms with Crippen LogP contribution in [0, 0.1) is 27.9 Å². The first-order valence-corrected chi connectivity index (χ1v) is 16.4.